The van der Waals surface area contributed by atoms with Crippen LogP contribution < -0.4 is 0 Å². The van der Waals surface area contributed by atoms with Crippen LogP contribution in [0.2, 0.25) is 0 Å². The molecule has 3 N–H and O–H groups in total. The molecular formula is C73H142O17P2. The zero-order chi connectivity index (χ0) is 67.9. The Morgan fingerprint density at radius 2 is 0.554 bits per heavy atom. The van der Waals surface area contributed by atoms with Crippen LogP contribution in [0.4, 0.5) is 0 Å². The van der Waals surface area contributed by atoms with E-state index in [1.807, 2.05) is 0 Å². The molecule has 0 heterocycles. The van der Waals surface area contributed by atoms with E-state index in [2.05, 4.69) is 41.5 Å². The lowest BCUT2D eigenvalue weighted by molar-refractivity contribution is -0.161. The summed E-state index contributed by atoms with van der Waals surface area (Å²) in [5.41, 5.74) is 0. The van der Waals surface area contributed by atoms with E-state index in [9.17, 15) is 43.2 Å². The first-order chi connectivity index (χ1) is 44.4. The summed E-state index contributed by atoms with van der Waals surface area (Å²) in [7, 11) is -9.90. The summed E-state index contributed by atoms with van der Waals surface area (Å²) < 4.78 is 68.3. The first kappa shape index (κ1) is 90.1. The van der Waals surface area contributed by atoms with Gasteiger partial charge >= 0.3 is 39.5 Å². The van der Waals surface area contributed by atoms with E-state index in [4.69, 9.17) is 37.0 Å². The van der Waals surface area contributed by atoms with Gasteiger partial charge in [0.15, 0.2) is 12.2 Å². The maximum absolute atomic E-state index is 13.0. The zero-order valence-corrected chi connectivity index (χ0v) is 61.6. The minimum atomic E-state index is -4.95. The average molecular weight is 1350 g/mol. The normalized spacial score (nSPS) is 14.4. The van der Waals surface area contributed by atoms with Crippen LogP contribution >= 0.6 is 15.6 Å². The van der Waals surface area contributed by atoms with Crippen molar-refractivity contribution in [2.75, 3.05) is 39.6 Å². The molecule has 3 unspecified atom stereocenters. The van der Waals surface area contributed by atoms with E-state index >= 15 is 0 Å². The number of phosphoric ester groups is 2. The predicted molar refractivity (Wildman–Crippen MR) is 372 cm³/mol. The maximum atomic E-state index is 13.0. The van der Waals surface area contributed by atoms with Crippen molar-refractivity contribution in [1.82, 2.24) is 0 Å². The quantitative estimate of drug-likeness (QED) is 0.0222. The monoisotopic (exact) mass is 1350 g/mol. The predicted octanol–water partition coefficient (Wildman–Crippen LogP) is 21.2. The van der Waals surface area contributed by atoms with Crippen molar-refractivity contribution in [2.24, 2.45) is 11.8 Å². The highest BCUT2D eigenvalue weighted by molar-refractivity contribution is 7.47. The van der Waals surface area contributed by atoms with Gasteiger partial charge in [-0.1, -0.05) is 324 Å². The molecule has 0 fully saturated rings. The zero-order valence-electron chi connectivity index (χ0n) is 59.9. The molecule has 0 spiro atoms. The van der Waals surface area contributed by atoms with Gasteiger partial charge in [0.05, 0.1) is 26.4 Å². The maximum Gasteiger partial charge on any atom is 0.472 e. The fourth-order valence-electron chi connectivity index (χ4n) is 11.1. The summed E-state index contributed by atoms with van der Waals surface area (Å²) in [6, 6.07) is 0. The molecular weight excluding hydrogens is 1210 g/mol. The second-order valence-electron chi connectivity index (χ2n) is 27.1. The summed E-state index contributed by atoms with van der Waals surface area (Å²) in [5, 5.41) is 10.6. The molecule has 0 bridgehead atoms. The van der Waals surface area contributed by atoms with Gasteiger partial charge in [-0.15, -0.1) is 0 Å². The smallest absolute Gasteiger partial charge is 0.462 e. The first-order valence-electron chi connectivity index (χ1n) is 38.0. The molecule has 0 saturated carbocycles. The van der Waals surface area contributed by atoms with Crippen molar-refractivity contribution in [3.8, 4) is 0 Å². The Bertz CT molecular complexity index is 1790. The second kappa shape index (κ2) is 65.0. The molecule has 0 aromatic carbocycles. The fourth-order valence-corrected chi connectivity index (χ4v) is 12.7. The number of unbranched alkanes of at least 4 members (excludes halogenated alkanes) is 41. The van der Waals surface area contributed by atoms with Crippen LogP contribution in [-0.4, -0.2) is 96.7 Å². The molecule has 546 valence electrons. The molecule has 0 aromatic heterocycles. The first-order valence-corrected chi connectivity index (χ1v) is 41.0. The Hall–Kier alpha value is -1.94. The fraction of sp³-hybridized carbons (Fsp3) is 0.945. The third-order valence-corrected chi connectivity index (χ3v) is 19.2. The van der Waals surface area contributed by atoms with Crippen molar-refractivity contribution < 1.29 is 80.2 Å². The van der Waals surface area contributed by atoms with Gasteiger partial charge in [-0.3, -0.25) is 37.3 Å². The minimum absolute atomic E-state index is 0.105. The van der Waals surface area contributed by atoms with Crippen molar-refractivity contribution in [3.05, 3.63) is 0 Å². The Morgan fingerprint density at radius 1 is 0.315 bits per heavy atom. The van der Waals surface area contributed by atoms with Gasteiger partial charge in [0.1, 0.15) is 19.3 Å². The van der Waals surface area contributed by atoms with Crippen LogP contribution in [0.15, 0.2) is 0 Å². The number of aliphatic hydroxyl groups excluding tert-OH is 1. The van der Waals surface area contributed by atoms with Crippen LogP contribution in [0.25, 0.3) is 0 Å². The molecule has 0 rings (SSSR count). The van der Waals surface area contributed by atoms with E-state index in [0.29, 0.717) is 31.6 Å². The van der Waals surface area contributed by atoms with E-state index in [-0.39, 0.29) is 25.7 Å². The van der Waals surface area contributed by atoms with Gasteiger partial charge in [-0.05, 0) is 37.5 Å². The number of esters is 4. The van der Waals surface area contributed by atoms with E-state index in [1.165, 1.54) is 186 Å². The van der Waals surface area contributed by atoms with Gasteiger partial charge in [0.2, 0.25) is 0 Å². The van der Waals surface area contributed by atoms with E-state index in [1.54, 1.807) is 0 Å². The largest absolute Gasteiger partial charge is 0.472 e. The van der Waals surface area contributed by atoms with Gasteiger partial charge in [-0.25, -0.2) is 9.13 Å². The third-order valence-electron chi connectivity index (χ3n) is 17.3. The number of hydrogen-bond donors (Lipinski definition) is 3. The standard InChI is InChI=1S/C73H142O17P2/c1-7-10-12-14-16-18-28-33-36-43-49-55-70(75)83-61-68(89-73(78)58-52-46-38-34-30-27-25-23-21-20-22-24-26-29-31-35-42-48-54-66(6)9-3)63-87-91(79,80)85-59-67(74)60-86-92(81,82)88-64-69(62-84-71(76)56-50-44-40-39-41-47-53-65(4)5)90-72(77)57-51-45-37-32-19-17-15-13-11-8-2/h65-69,74H,7-64H2,1-6H3,(H,79,80)(H,81,82)/t66?,67-,68-,69-/m1/s1. The van der Waals surface area contributed by atoms with Crippen LogP contribution in [0, 0.1) is 11.8 Å². The molecule has 0 saturated heterocycles. The lowest BCUT2D eigenvalue weighted by atomic mass is 9.99. The SMILES string of the molecule is CCCCCCCCCCCCCC(=O)OC[C@H](COP(=O)(O)OC[C@@H](O)COP(=O)(O)OC[C@@H](COC(=O)CCCCCCCCC(C)C)OC(=O)CCCCCCCCCCCC)OC(=O)CCCCCCCCCCCCCCCCCCCCC(C)CC. The van der Waals surface area contributed by atoms with Crippen LogP contribution in [-0.2, 0) is 65.4 Å². The number of ether oxygens (including phenoxy) is 4. The highest BCUT2D eigenvalue weighted by Crippen LogP contribution is 2.45. The number of hydrogen-bond acceptors (Lipinski definition) is 15. The van der Waals surface area contributed by atoms with Gasteiger partial charge in [0, 0.05) is 25.7 Å². The summed E-state index contributed by atoms with van der Waals surface area (Å²) in [6.07, 6.45) is 51.5. The summed E-state index contributed by atoms with van der Waals surface area (Å²) >= 11 is 0. The highest BCUT2D eigenvalue weighted by Gasteiger charge is 2.30. The summed E-state index contributed by atoms with van der Waals surface area (Å²) in [6.45, 7) is 9.54. The lowest BCUT2D eigenvalue weighted by Crippen LogP contribution is -2.30. The Labute approximate surface area is 562 Å². The Kier molecular flexibility index (Phi) is 63.7. The van der Waals surface area contributed by atoms with Crippen molar-refractivity contribution in [3.63, 3.8) is 0 Å². The molecule has 0 aromatic rings. The van der Waals surface area contributed by atoms with Crippen molar-refractivity contribution in [2.45, 2.75) is 394 Å². The topological polar surface area (TPSA) is 237 Å². The van der Waals surface area contributed by atoms with Crippen LogP contribution in [0.5, 0.6) is 0 Å². The second-order valence-corrected chi connectivity index (χ2v) is 30.0. The molecule has 19 heteroatoms. The van der Waals surface area contributed by atoms with Crippen LogP contribution in [0.3, 0.4) is 0 Å². The number of aliphatic hydroxyl groups is 1. The van der Waals surface area contributed by atoms with Crippen molar-refractivity contribution >= 4 is 39.5 Å². The molecule has 0 amide bonds. The average Bonchev–Trinajstić information content (AvgIpc) is 3.65. The number of phosphoric acid groups is 2. The van der Waals surface area contributed by atoms with E-state index in [0.717, 1.165) is 102 Å². The number of rotatable bonds is 72. The molecule has 92 heavy (non-hydrogen) atoms. The number of carbonyl (C=O) groups is 4. The molecule has 6 atom stereocenters. The van der Waals surface area contributed by atoms with Crippen molar-refractivity contribution in [1.29, 1.82) is 0 Å². The Morgan fingerprint density at radius 3 is 0.826 bits per heavy atom. The van der Waals surface area contributed by atoms with Gasteiger partial charge < -0.3 is 33.8 Å². The Balaban J connectivity index is 5.14. The van der Waals surface area contributed by atoms with Crippen LogP contribution in [0.1, 0.15) is 375 Å². The molecule has 0 aliphatic carbocycles. The number of carbonyl (C=O) groups excluding carboxylic acids is 4. The summed E-state index contributed by atoms with van der Waals surface area (Å²) in [4.78, 5) is 72.5. The van der Waals surface area contributed by atoms with Gasteiger partial charge in [-0.2, -0.15) is 0 Å². The molecule has 0 aliphatic heterocycles. The minimum Gasteiger partial charge on any atom is -0.462 e. The molecule has 0 radical (unpaired) electrons. The third kappa shape index (κ3) is 65.4. The van der Waals surface area contributed by atoms with E-state index < -0.39 is 97.5 Å². The van der Waals surface area contributed by atoms with Gasteiger partial charge in [0.25, 0.3) is 0 Å². The molecule has 0 aliphatic rings. The molecule has 17 nitrogen and oxygen atoms in total. The highest BCUT2D eigenvalue weighted by atomic mass is 31.2. The summed E-state index contributed by atoms with van der Waals surface area (Å²) in [5.74, 6) is -0.572. The lowest BCUT2D eigenvalue weighted by Gasteiger charge is -2.21.